The van der Waals surface area contributed by atoms with Crippen LogP contribution in [-0.4, -0.2) is 43.2 Å². The van der Waals surface area contributed by atoms with Gasteiger partial charge in [-0.05, 0) is 48.4 Å². The van der Waals surface area contributed by atoms with Gasteiger partial charge in [-0.3, -0.25) is 20.1 Å². The van der Waals surface area contributed by atoms with E-state index in [1.54, 1.807) is 12.4 Å². The van der Waals surface area contributed by atoms with E-state index in [2.05, 4.69) is 53.7 Å². The number of aromatic nitrogens is 6. The third kappa shape index (κ3) is 2.79. The van der Waals surface area contributed by atoms with Gasteiger partial charge in [0, 0.05) is 41.5 Å². The molecule has 146 valence electrons. The molecule has 0 saturated heterocycles. The first kappa shape index (κ1) is 17.1. The van der Waals surface area contributed by atoms with Gasteiger partial charge in [0.1, 0.15) is 5.69 Å². The highest BCUT2D eigenvalue weighted by Gasteiger charge is 2.16. The minimum atomic E-state index is 0.889. The lowest BCUT2D eigenvalue weighted by Gasteiger charge is -2.13. The monoisotopic (exact) mass is 393 g/mol. The molecule has 1 aliphatic rings. The minimum absolute atomic E-state index is 0.889. The zero-order chi connectivity index (χ0) is 19.9. The largest absolute Gasteiger partial charge is 0.352 e. The molecule has 3 N–H and O–H groups in total. The maximum absolute atomic E-state index is 4.64. The summed E-state index contributed by atoms with van der Waals surface area (Å²) in [5.74, 6) is 0. The fourth-order valence-corrected chi connectivity index (χ4v) is 4.09. The molecular formula is C23H19N7. The number of fused-ring (bicyclic) bond motifs is 2. The molecule has 6 rings (SSSR count). The number of rotatable bonds is 3. The zero-order valence-corrected chi connectivity index (χ0v) is 16.2. The number of hydrogen-bond donors (Lipinski definition) is 3. The van der Waals surface area contributed by atoms with E-state index in [0.29, 0.717) is 0 Å². The van der Waals surface area contributed by atoms with Crippen molar-refractivity contribution in [3.05, 3.63) is 67.0 Å². The molecule has 0 aromatic carbocycles. The van der Waals surface area contributed by atoms with E-state index in [1.165, 1.54) is 5.57 Å². The van der Waals surface area contributed by atoms with Gasteiger partial charge in [-0.15, -0.1) is 0 Å². The first-order valence-electron chi connectivity index (χ1n) is 9.98. The van der Waals surface area contributed by atoms with Crippen LogP contribution in [0.1, 0.15) is 12.1 Å². The molecule has 5 aromatic heterocycles. The van der Waals surface area contributed by atoms with Crippen molar-refractivity contribution in [1.82, 2.24) is 35.5 Å². The summed E-state index contributed by atoms with van der Waals surface area (Å²) in [5.41, 5.74) is 8.20. The average molecular weight is 393 g/mol. The van der Waals surface area contributed by atoms with E-state index in [9.17, 15) is 0 Å². The third-order valence-corrected chi connectivity index (χ3v) is 5.63. The number of pyridine rings is 3. The second-order valence-corrected chi connectivity index (χ2v) is 7.44. The molecule has 0 aliphatic carbocycles. The second kappa shape index (κ2) is 6.89. The Kier molecular flexibility index (Phi) is 3.92. The van der Waals surface area contributed by atoms with Crippen molar-refractivity contribution in [1.29, 1.82) is 0 Å². The molecule has 30 heavy (non-hydrogen) atoms. The van der Waals surface area contributed by atoms with Crippen molar-refractivity contribution < 1.29 is 0 Å². The van der Waals surface area contributed by atoms with Gasteiger partial charge >= 0.3 is 0 Å². The molecule has 7 nitrogen and oxygen atoms in total. The van der Waals surface area contributed by atoms with Crippen molar-refractivity contribution in [2.75, 3.05) is 13.1 Å². The number of hydrogen-bond acceptors (Lipinski definition) is 5. The Morgan fingerprint density at radius 1 is 0.900 bits per heavy atom. The predicted molar refractivity (Wildman–Crippen MR) is 118 cm³/mol. The number of nitrogens with zero attached hydrogens (tertiary/aromatic N) is 4. The van der Waals surface area contributed by atoms with Gasteiger partial charge in [0.2, 0.25) is 0 Å². The third-order valence-electron chi connectivity index (χ3n) is 5.63. The maximum atomic E-state index is 4.64. The second-order valence-electron chi connectivity index (χ2n) is 7.44. The van der Waals surface area contributed by atoms with E-state index in [0.717, 1.165) is 69.5 Å². The zero-order valence-electron chi connectivity index (χ0n) is 16.2. The van der Waals surface area contributed by atoms with Crippen LogP contribution in [0.2, 0.25) is 0 Å². The smallest absolute Gasteiger partial charge is 0.116 e. The van der Waals surface area contributed by atoms with Crippen molar-refractivity contribution in [2.24, 2.45) is 0 Å². The van der Waals surface area contributed by atoms with Crippen molar-refractivity contribution in [2.45, 2.75) is 6.42 Å². The molecule has 6 heterocycles. The standard InChI is InChI=1S/C23H19N7/c1-5-24-6-2-14(1)18-11-26-12-21-16(18)9-20(28-21)23-17-10-19(15-3-7-25-8-4-15)27-13-22(17)29-30-23/h1-3,5-6,9-13,25,28H,4,7-8H2,(H,29,30). The minimum Gasteiger partial charge on any atom is -0.352 e. The topological polar surface area (TPSA) is 95.2 Å². The highest BCUT2D eigenvalue weighted by molar-refractivity contribution is 6.00. The number of nitrogens with one attached hydrogen (secondary N) is 3. The highest BCUT2D eigenvalue weighted by Crippen LogP contribution is 2.34. The summed E-state index contributed by atoms with van der Waals surface area (Å²) >= 11 is 0. The van der Waals surface area contributed by atoms with E-state index in [4.69, 9.17) is 0 Å². The Labute approximate surface area is 172 Å². The summed E-state index contributed by atoms with van der Waals surface area (Å²) in [6.45, 7) is 1.87. The van der Waals surface area contributed by atoms with Gasteiger partial charge in [-0.2, -0.15) is 5.10 Å². The lowest BCUT2D eigenvalue weighted by Crippen LogP contribution is -2.20. The molecule has 0 radical (unpaired) electrons. The predicted octanol–water partition coefficient (Wildman–Crippen LogP) is 3.94. The van der Waals surface area contributed by atoms with Gasteiger partial charge < -0.3 is 10.3 Å². The van der Waals surface area contributed by atoms with Crippen LogP contribution < -0.4 is 5.32 Å². The molecule has 5 aromatic rings. The molecular weight excluding hydrogens is 374 g/mol. The van der Waals surface area contributed by atoms with Crippen molar-refractivity contribution in [3.8, 4) is 22.5 Å². The van der Waals surface area contributed by atoms with Crippen molar-refractivity contribution >= 4 is 27.4 Å². The summed E-state index contributed by atoms with van der Waals surface area (Å²) in [6, 6.07) is 8.28. The molecule has 0 spiro atoms. The maximum Gasteiger partial charge on any atom is 0.116 e. The highest BCUT2D eigenvalue weighted by atomic mass is 15.1. The van der Waals surface area contributed by atoms with Crippen LogP contribution in [0.5, 0.6) is 0 Å². The summed E-state index contributed by atoms with van der Waals surface area (Å²) in [6.07, 6.45) is 12.4. The van der Waals surface area contributed by atoms with Crippen molar-refractivity contribution in [3.63, 3.8) is 0 Å². The van der Waals surface area contributed by atoms with Crippen LogP contribution in [-0.2, 0) is 0 Å². The summed E-state index contributed by atoms with van der Waals surface area (Å²) in [4.78, 5) is 16.7. The molecule has 0 saturated carbocycles. The fourth-order valence-electron chi connectivity index (χ4n) is 4.09. The molecule has 0 amide bonds. The first-order valence-corrected chi connectivity index (χ1v) is 9.98. The number of H-pyrrole nitrogens is 2. The molecule has 0 atom stereocenters. The Bertz CT molecular complexity index is 1400. The van der Waals surface area contributed by atoms with Gasteiger partial charge in [-0.25, -0.2) is 0 Å². The fraction of sp³-hybridized carbons (Fsp3) is 0.130. The van der Waals surface area contributed by atoms with Gasteiger partial charge in [-0.1, -0.05) is 6.08 Å². The van der Waals surface area contributed by atoms with Crippen LogP contribution in [0, 0.1) is 0 Å². The van der Waals surface area contributed by atoms with Gasteiger partial charge in [0.15, 0.2) is 0 Å². The van der Waals surface area contributed by atoms with E-state index < -0.39 is 0 Å². The molecule has 7 heteroatoms. The molecule has 1 aliphatic heterocycles. The van der Waals surface area contributed by atoms with E-state index in [-0.39, 0.29) is 0 Å². The van der Waals surface area contributed by atoms with E-state index in [1.807, 2.05) is 30.7 Å². The summed E-state index contributed by atoms with van der Waals surface area (Å²) in [5, 5.41) is 13.2. The lowest BCUT2D eigenvalue weighted by atomic mass is 10.0. The molecule has 0 unspecified atom stereocenters. The Morgan fingerprint density at radius 2 is 1.83 bits per heavy atom. The number of aromatic amines is 2. The van der Waals surface area contributed by atoms with Crippen LogP contribution in [0.4, 0.5) is 0 Å². The summed E-state index contributed by atoms with van der Waals surface area (Å²) in [7, 11) is 0. The van der Waals surface area contributed by atoms with Crippen LogP contribution in [0.3, 0.4) is 0 Å². The van der Waals surface area contributed by atoms with Gasteiger partial charge in [0.25, 0.3) is 0 Å². The van der Waals surface area contributed by atoms with Crippen LogP contribution >= 0.6 is 0 Å². The van der Waals surface area contributed by atoms with Crippen LogP contribution in [0.25, 0.3) is 49.9 Å². The Morgan fingerprint density at radius 3 is 2.70 bits per heavy atom. The van der Waals surface area contributed by atoms with Crippen LogP contribution in [0.15, 0.2) is 61.3 Å². The SMILES string of the molecule is C1=C(c2cc3c(-c4cc5c(-c6ccncc6)cncc5[nH]4)n[nH]c3cn2)CCNC1. The molecule has 0 fully saturated rings. The molecule has 0 bridgehead atoms. The Hall–Kier alpha value is -3.84. The summed E-state index contributed by atoms with van der Waals surface area (Å²) < 4.78 is 0. The average Bonchev–Trinajstić information content (AvgIpc) is 3.43. The quantitative estimate of drug-likeness (QED) is 0.432. The lowest BCUT2D eigenvalue weighted by molar-refractivity contribution is 0.737. The Balaban J connectivity index is 1.50. The first-order chi connectivity index (χ1) is 14.9. The van der Waals surface area contributed by atoms with E-state index >= 15 is 0 Å². The normalized spacial score (nSPS) is 14.3. The van der Waals surface area contributed by atoms with Gasteiger partial charge in [0.05, 0.1) is 34.8 Å².